The van der Waals surface area contributed by atoms with E-state index in [1.165, 1.54) is 35.2 Å². The van der Waals surface area contributed by atoms with Gasteiger partial charge in [-0.2, -0.15) is 0 Å². The smallest absolute Gasteiger partial charge is 0.237 e. The van der Waals surface area contributed by atoms with Gasteiger partial charge in [0.2, 0.25) is 11.0 Å². The summed E-state index contributed by atoms with van der Waals surface area (Å²) < 4.78 is 14.3. The van der Waals surface area contributed by atoms with Crippen LogP contribution >= 0.6 is 34.7 Å². The third-order valence-electron chi connectivity index (χ3n) is 3.69. The quantitative estimate of drug-likeness (QED) is 0.513. The first kappa shape index (κ1) is 19.6. The molecule has 27 heavy (non-hydrogen) atoms. The number of nitrogens with one attached hydrogen (secondary N) is 2. The molecule has 1 heterocycles. The molecule has 0 radical (unpaired) electrons. The molecule has 2 aromatic carbocycles. The van der Waals surface area contributed by atoms with Gasteiger partial charge in [-0.1, -0.05) is 52.9 Å². The lowest BCUT2D eigenvalue weighted by Gasteiger charge is -2.10. The minimum atomic E-state index is -0.470. The van der Waals surface area contributed by atoms with Crippen molar-refractivity contribution in [3.05, 3.63) is 58.9 Å². The Bertz CT molecular complexity index is 966. The Hall–Kier alpha value is -2.16. The van der Waals surface area contributed by atoms with Crippen LogP contribution < -0.4 is 10.6 Å². The van der Waals surface area contributed by atoms with E-state index in [-0.39, 0.29) is 11.6 Å². The van der Waals surface area contributed by atoms with Crippen LogP contribution in [-0.2, 0) is 4.79 Å². The molecule has 0 aliphatic heterocycles. The monoisotopic (exact) mass is 422 g/mol. The minimum Gasteiger partial charge on any atom is -0.330 e. The molecule has 1 unspecified atom stereocenters. The van der Waals surface area contributed by atoms with Gasteiger partial charge >= 0.3 is 0 Å². The Morgan fingerprint density at radius 1 is 1.19 bits per heavy atom. The van der Waals surface area contributed by atoms with Gasteiger partial charge < -0.3 is 10.6 Å². The number of thioether (sulfide) groups is 1. The van der Waals surface area contributed by atoms with E-state index in [4.69, 9.17) is 11.6 Å². The number of halogens is 2. The maximum absolute atomic E-state index is 13.7. The number of hydrogen-bond donors (Lipinski definition) is 2. The van der Waals surface area contributed by atoms with Crippen molar-refractivity contribution < 1.29 is 9.18 Å². The summed E-state index contributed by atoms with van der Waals surface area (Å²) in [5.41, 5.74) is 1.92. The van der Waals surface area contributed by atoms with Gasteiger partial charge in [-0.25, -0.2) is 4.39 Å². The first-order valence-electron chi connectivity index (χ1n) is 8.01. The highest BCUT2D eigenvalue weighted by Crippen LogP contribution is 2.32. The molecule has 140 valence electrons. The van der Waals surface area contributed by atoms with Crippen molar-refractivity contribution in [2.45, 2.75) is 23.4 Å². The molecular weight excluding hydrogens is 407 g/mol. The van der Waals surface area contributed by atoms with Crippen molar-refractivity contribution in [1.29, 1.82) is 0 Å². The summed E-state index contributed by atoms with van der Waals surface area (Å²) in [6.45, 7) is 3.65. The maximum atomic E-state index is 13.7. The number of aromatic nitrogens is 2. The van der Waals surface area contributed by atoms with E-state index in [1.807, 2.05) is 25.1 Å². The van der Waals surface area contributed by atoms with E-state index >= 15 is 0 Å². The molecule has 0 aliphatic rings. The highest BCUT2D eigenvalue weighted by Gasteiger charge is 2.18. The third kappa shape index (κ3) is 4.97. The average Bonchev–Trinajstić information content (AvgIpc) is 3.08. The van der Waals surface area contributed by atoms with Crippen molar-refractivity contribution in [1.82, 2.24) is 10.2 Å². The summed E-state index contributed by atoms with van der Waals surface area (Å²) in [4.78, 5) is 12.3. The highest BCUT2D eigenvalue weighted by molar-refractivity contribution is 8.02. The Kier molecular flexibility index (Phi) is 6.30. The highest BCUT2D eigenvalue weighted by atomic mass is 35.5. The molecular formula is C18H16ClFN4OS2. The van der Waals surface area contributed by atoms with Crippen LogP contribution in [0.3, 0.4) is 0 Å². The molecule has 2 N–H and O–H groups in total. The standard InChI is InChI=1S/C18H16ClFN4OS2/c1-10-12(19)6-5-9-14(10)22-17-23-24-18(27-17)26-11(2)16(25)21-15-8-4-3-7-13(15)20/h3-9,11H,1-2H3,(H,21,25)(H,22,23). The first-order chi connectivity index (χ1) is 12.9. The molecule has 0 aliphatic carbocycles. The van der Waals surface area contributed by atoms with Gasteiger partial charge in [0.15, 0.2) is 4.34 Å². The van der Waals surface area contributed by atoms with Gasteiger partial charge in [0.1, 0.15) is 5.82 Å². The number of carbonyl (C=O) groups excluding carboxylic acids is 1. The Labute approximate surface area is 169 Å². The van der Waals surface area contributed by atoms with Crippen molar-refractivity contribution >= 4 is 57.1 Å². The van der Waals surface area contributed by atoms with E-state index < -0.39 is 11.1 Å². The molecule has 0 saturated heterocycles. The van der Waals surface area contributed by atoms with Crippen molar-refractivity contribution in [3.63, 3.8) is 0 Å². The number of nitrogens with zero attached hydrogens (tertiary/aromatic N) is 2. The summed E-state index contributed by atoms with van der Waals surface area (Å²) >= 11 is 8.71. The molecule has 1 atom stereocenters. The Morgan fingerprint density at radius 2 is 1.93 bits per heavy atom. The normalized spacial score (nSPS) is 11.9. The van der Waals surface area contributed by atoms with Crippen LogP contribution in [-0.4, -0.2) is 21.4 Å². The van der Waals surface area contributed by atoms with Crippen molar-refractivity contribution in [2.24, 2.45) is 0 Å². The molecule has 1 aromatic heterocycles. The zero-order valence-corrected chi connectivity index (χ0v) is 16.9. The molecule has 0 fully saturated rings. The second-order valence-corrected chi connectivity index (χ2v) is 8.61. The summed E-state index contributed by atoms with van der Waals surface area (Å²) in [7, 11) is 0. The number of hydrogen-bond acceptors (Lipinski definition) is 6. The number of rotatable bonds is 6. The van der Waals surface area contributed by atoms with Crippen LogP contribution in [0.2, 0.25) is 5.02 Å². The van der Waals surface area contributed by atoms with Crippen LogP contribution in [0.25, 0.3) is 0 Å². The SMILES string of the molecule is Cc1c(Cl)cccc1Nc1nnc(SC(C)C(=O)Nc2ccccc2F)s1. The van der Waals surface area contributed by atoms with Crippen LogP contribution in [0.5, 0.6) is 0 Å². The zero-order chi connectivity index (χ0) is 19.4. The lowest BCUT2D eigenvalue weighted by Crippen LogP contribution is -2.22. The lowest BCUT2D eigenvalue weighted by atomic mass is 10.2. The van der Waals surface area contributed by atoms with E-state index in [9.17, 15) is 9.18 Å². The molecule has 5 nitrogen and oxygen atoms in total. The number of para-hydroxylation sites is 1. The summed E-state index contributed by atoms with van der Waals surface area (Å²) in [5, 5.41) is 14.8. The Balaban J connectivity index is 1.62. The topological polar surface area (TPSA) is 66.9 Å². The van der Waals surface area contributed by atoms with Gasteiger partial charge in [0.25, 0.3) is 0 Å². The van der Waals surface area contributed by atoms with Crippen LogP contribution in [0.4, 0.5) is 20.9 Å². The molecule has 3 rings (SSSR count). The van der Waals surface area contributed by atoms with E-state index in [1.54, 1.807) is 19.1 Å². The number of amides is 1. The Morgan fingerprint density at radius 3 is 2.70 bits per heavy atom. The maximum Gasteiger partial charge on any atom is 0.237 e. The fraction of sp³-hybridized carbons (Fsp3) is 0.167. The van der Waals surface area contributed by atoms with Gasteiger partial charge in [-0.05, 0) is 43.7 Å². The number of carbonyl (C=O) groups is 1. The fourth-order valence-electron chi connectivity index (χ4n) is 2.17. The molecule has 0 saturated carbocycles. The molecule has 0 bridgehead atoms. The summed E-state index contributed by atoms with van der Waals surface area (Å²) in [6, 6.07) is 11.6. The zero-order valence-electron chi connectivity index (χ0n) is 14.5. The van der Waals surface area contributed by atoms with Gasteiger partial charge in [-0.15, -0.1) is 10.2 Å². The predicted octanol–water partition coefficient (Wildman–Crippen LogP) is 5.50. The van der Waals surface area contributed by atoms with Gasteiger partial charge in [0, 0.05) is 10.7 Å². The predicted molar refractivity (Wildman–Crippen MR) is 110 cm³/mol. The lowest BCUT2D eigenvalue weighted by molar-refractivity contribution is -0.115. The second kappa shape index (κ2) is 8.69. The van der Waals surface area contributed by atoms with E-state index in [0.29, 0.717) is 14.5 Å². The second-order valence-electron chi connectivity index (χ2n) is 5.64. The van der Waals surface area contributed by atoms with Crippen molar-refractivity contribution in [3.8, 4) is 0 Å². The summed E-state index contributed by atoms with van der Waals surface area (Å²) in [6.07, 6.45) is 0. The molecule has 9 heteroatoms. The van der Waals surface area contributed by atoms with Gasteiger partial charge in [0.05, 0.1) is 10.9 Å². The largest absolute Gasteiger partial charge is 0.330 e. The van der Waals surface area contributed by atoms with E-state index in [2.05, 4.69) is 20.8 Å². The molecule has 0 spiro atoms. The third-order valence-corrected chi connectivity index (χ3v) is 6.13. The van der Waals surface area contributed by atoms with E-state index in [0.717, 1.165) is 11.3 Å². The fourth-order valence-corrected chi connectivity index (χ4v) is 4.25. The number of anilines is 3. The van der Waals surface area contributed by atoms with Crippen LogP contribution in [0.15, 0.2) is 46.8 Å². The van der Waals surface area contributed by atoms with Gasteiger partial charge in [-0.3, -0.25) is 4.79 Å². The van der Waals surface area contributed by atoms with Crippen molar-refractivity contribution in [2.75, 3.05) is 10.6 Å². The first-order valence-corrected chi connectivity index (χ1v) is 10.1. The minimum absolute atomic E-state index is 0.158. The number of benzene rings is 2. The molecule has 3 aromatic rings. The summed E-state index contributed by atoms with van der Waals surface area (Å²) in [5.74, 6) is -0.775. The van der Waals surface area contributed by atoms with Crippen LogP contribution in [0.1, 0.15) is 12.5 Å². The van der Waals surface area contributed by atoms with Crippen LogP contribution in [0, 0.1) is 12.7 Å². The molecule has 1 amide bonds. The average molecular weight is 423 g/mol.